The first kappa shape index (κ1) is 15.7. The first-order valence-corrected chi connectivity index (χ1v) is 6.72. The van der Waals surface area contributed by atoms with E-state index in [-0.39, 0.29) is 30.6 Å². The number of hydrogen-bond donors (Lipinski definition) is 2. The smallest absolute Gasteiger partial charge is 0.231 e. The third-order valence-electron chi connectivity index (χ3n) is 3.29. The van der Waals surface area contributed by atoms with Gasteiger partial charge in [-0.1, -0.05) is 6.92 Å². The SMILES string of the molecule is CCC(N)C(c1ccc(C)o1)N(CC(N)=O)C(C)C. The molecular weight excluding hydrogens is 242 g/mol. The van der Waals surface area contributed by atoms with Crippen LogP contribution in [0.1, 0.15) is 44.8 Å². The number of primary amides is 1. The molecule has 1 amide bonds. The fourth-order valence-electron chi connectivity index (χ4n) is 2.24. The van der Waals surface area contributed by atoms with E-state index in [0.717, 1.165) is 17.9 Å². The maximum absolute atomic E-state index is 11.3. The summed E-state index contributed by atoms with van der Waals surface area (Å²) in [6.07, 6.45) is 0.798. The van der Waals surface area contributed by atoms with Crippen molar-refractivity contribution >= 4 is 5.91 Å². The zero-order chi connectivity index (χ0) is 14.6. The summed E-state index contributed by atoms with van der Waals surface area (Å²) in [5.74, 6) is 1.28. The molecule has 0 bridgehead atoms. The minimum absolute atomic E-state index is 0.104. The number of carbonyl (C=O) groups is 1. The minimum Gasteiger partial charge on any atom is -0.465 e. The van der Waals surface area contributed by atoms with E-state index in [1.54, 1.807) is 0 Å². The van der Waals surface area contributed by atoms with Crippen LogP contribution in [0.2, 0.25) is 0 Å². The van der Waals surface area contributed by atoms with Gasteiger partial charge in [-0.05, 0) is 39.3 Å². The average Bonchev–Trinajstić information content (AvgIpc) is 2.73. The second-order valence-corrected chi connectivity index (χ2v) is 5.20. The lowest BCUT2D eigenvalue weighted by Crippen LogP contribution is -2.47. The Kier molecular flexibility index (Phi) is 5.57. The zero-order valence-electron chi connectivity index (χ0n) is 12.2. The van der Waals surface area contributed by atoms with Crippen molar-refractivity contribution in [3.8, 4) is 0 Å². The van der Waals surface area contributed by atoms with Crippen LogP contribution in [0.25, 0.3) is 0 Å². The highest BCUT2D eigenvalue weighted by Crippen LogP contribution is 2.28. The molecule has 19 heavy (non-hydrogen) atoms. The van der Waals surface area contributed by atoms with Crippen LogP contribution in [0, 0.1) is 6.92 Å². The van der Waals surface area contributed by atoms with Crippen molar-refractivity contribution < 1.29 is 9.21 Å². The van der Waals surface area contributed by atoms with E-state index in [9.17, 15) is 4.79 Å². The van der Waals surface area contributed by atoms with Gasteiger partial charge in [0, 0.05) is 12.1 Å². The van der Waals surface area contributed by atoms with Crippen LogP contribution in [-0.4, -0.2) is 29.4 Å². The summed E-state index contributed by atoms with van der Waals surface area (Å²) < 4.78 is 5.71. The summed E-state index contributed by atoms with van der Waals surface area (Å²) in [6, 6.07) is 3.75. The third-order valence-corrected chi connectivity index (χ3v) is 3.29. The van der Waals surface area contributed by atoms with Gasteiger partial charge in [-0.2, -0.15) is 0 Å². The van der Waals surface area contributed by atoms with E-state index < -0.39 is 0 Å². The summed E-state index contributed by atoms with van der Waals surface area (Å²) in [7, 11) is 0. The molecule has 108 valence electrons. The molecule has 2 atom stereocenters. The Morgan fingerprint density at radius 2 is 2.05 bits per heavy atom. The van der Waals surface area contributed by atoms with Crippen LogP contribution in [0.4, 0.5) is 0 Å². The van der Waals surface area contributed by atoms with Gasteiger partial charge in [0.1, 0.15) is 11.5 Å². The highest BCUT2D eigenvalue weighted by Gasteiger charge is 2.31. The summed E-state index contributed by atoms with van der Waals surface area (Å²) in [5.41, 5.74) is 11.6. The Balaban J connectivity index is 3.09. The molecule has 0 aromatic carbocycles. The van der Waals surface area contributed by atoms with Gasteiger partial charge < -0.3 is 15.9 Å². The Bertz CT molecular complexity index is 415. The summed E-state index contributed by atoms with van der Waals surface area (Å²) in [5, 5.41) is 0. The standard InChI is InChI=1S/C14H25N3O2/c1-5-11(15)14(12-7-6-10(4)19-12)17(9(2)3)8-13(16)18/h6-7,9,11,14H,5,8,15H2,1-4H3,(H2,16,18). The Labute approximate surface area is 114 Å². The lowest BCUT2D eigenvalue weighted by Gasteiger charge is -2.36. The topological polar surface area (TPSA) is 85.5 Å². The molecule has 0 fully saturated rings. The van der Waals surface area contributed by atoms with Crippen molar-refractivity contribution in [1.29, 1.82) is 0 Å². The number of aryl methyl sites for hydroxylation is 1. The molecule has 5 nitrogen and oxygen atoms in total. The van der Waals surface area contributed by atoms with Crippen molar-refractivity contribution in [2.75, 3.05) is 6.54 Å². The number of nitrogens with two attached hydrogens (primary N) is 2. The summed E-state index contributed by atoms with van der Waals surface area (Å²) in [6.45, 7) is 8.14. The lowest BCUT2D eigenvalue weighted by molar-refractivity contribution is -0.120. The fraction of sp³-hybridized carbons (Fsp3) is 0.643. The van der Waals surface area contributed by atoms with Crippen LogP contribution in [0.5, 0.6) is 0 Å². The van der Waals surface area contributed by atoms with Gasteiger partial charge in [-0.3, -0.25) is 9.69 Å². The molecule has 0 aliphatic carbocycles. The third kappa shape index (κ3) is 4.08. The molecule has 0 spiro atoms. The second-order valence-electron chi connectivity index (χ2n) is 5.20. The van der Waals surface area contributed by atoms with E-state index in [4.69, 9.17) is 15.9 Å². The van der Waals surface area contributed by atoms with Crippen LogP contribution in [-0.2, 0) is 4.79 Å². The van der Waals surface area contributed by atoms with Gasteiger partial charge in [-0.15, -0.1) is 0 Å². The van der Waals surface area contributed by atoms with E-state index in [1.165, 1.54) is 0 Å². The van der Waals surface area contributed by atoms with Crippen molar-refractivity contribution in [3.05, 3.63) is 23.7 Å². The summed E-state index contributed by atoms with van der Waals surface area (Å²) in [4.78, 5) is 13.3. The number of nitrogens with zero attached hydrogens (tertiary/aromatic N) is 1. The zero-order valence-corrected chi connectivity index (χ0v) is 12.2. The first-order valence-electron chi connectivity index (χ1n) is 6.72. The van der Waals surface area contributed by atoms with Crippen LogP contribution < -0.4 is 11.5 Å². The van der Waals surface area contributed by atoms with Gasteiger partial charge in [0.2, 0.25) is 5.91 Å². The van der Waals surface area contributed by atoms with Crippen LogP contribution in [0.15, 0.2) is 16.5 Å². The first-order chi connectivity index (χ1) is 8.86. The molecule has 0 radical (unpaired) electrons. The fourth-order valence-corrected chi connectivity index (χ4v) is 2.24. The number of rotatable bonds is 7. The Hall–Kier alpha value is -1.33. The second kappa shape index (κ2) is 6.73. The lowest BCUT2D eigenvalue weighted by atomic mass is 10.0. The number of amides is 1. The average molecular weight is 267 g/mol. The van der Waals surface area contributed by atoms with Gasteiger partial charge >= 0.3 is 0 Å². The molecule has 1 aromatic rings. The van der Waals surface area contributed by atoms with E-state index in [2.05, 4.69) is 0 Å². The Morgan fingerprint density at radius 1 is 1.42 bits per heavy atom. The molecule has 5 heteroatoms. The maximum Gasteiger partial charge on any atom is 0.231 e. The van der Waals surface area contributed by atoms with E-state index in [0.29, 0.717) is 0 Å². The highest BCUT2D eigenvalue weighted by atomic mass is 16.3. The largest absolute Gasteiger partial charge is 0.465 e. The van der Waals surface area contributed by atoms with Crippen molar-refractivity contribution in [2.24, 2.45) is 11.5 Å². The quantitative estimate of drug-likeness (QED) is 0.785. The molecule has 1 heterocycles. The molecule has 0 aliphatic heterocycles. The highest BCUT2D eigenvalue weighted by molar-refractivity contribution is 5.76. The number of carbonyl (C=O) groups excluding carboxylic acids is 1. The molecule has 1 rings (SSSR count). The van der Waals surface area contributed by atoms with E-state index in [1.807, 2.05) is 44.7 Å². The molecule has 0 saturated heterocycles. The van der Waals surface area contributed by atoms with Crippen molar-refractivity contribution in [3.63, 3.8) is 0 Å². The number of hydrogen-bond acceptors (Lipinski definition) is 4. The van der Waals surface area contributed by atoms with Gasteiger partial charge in [0.05, 0.1) is 12.6 Å². The van der Waals surface area contributed by atoms with Crippen LogP contribution >= 0.6 is 0 Å². The molecule has 1 aromatic heterocycles. The van der Waals surface area contributed by atoms with Crippen LogP contribution in [0.3, 0.4) is 0 Å². The normalized spacial score (nSPS) is 14.9. The molecule has 0 aliphatic rings. The molecule has 0 saturated carbocycles. The monoisotopic (exact) mass is 267 g/mol. The molecular formula is C14H25N3O2. The minimum atomic E-state index is -0.356. The predicted octanol–water partition coefficient (Wildman–Crippen LogP) is 1.56. The predicted molar refractivity (Wildman–Crippen MR) is 75.5 cm³/mol. The van der Waals surface area contributed by atoms with Crippen molar-refractivity contribution in [1.82, 2.24) is 4.90 Å². The molecule has 2 unspecified atom stereocenters. The molecule has 4 N–H and O–H groups in total. The van der Waals surface area contributed by atoms with Gasteiger partial charge in [0.25, 0.3) is 0 Å². The van der Waals surface area contributed by atoms with Gasteiger partial charge in [-0.25, -0.2) is 0 Å². The van der Waals surface area contributed by atoms with E-state index >= 15 is 0 Å². The van der Waals surface area contributed by atoms with Gasteiger partial charge in [0.15, 0.2) is 0 Å². The van der Waals surface area contributed by atoms with Crippen molar-refractivity contribution in [2.45, 2.75) is 52.2 Å². The summed E-state index contributed by atoms with van der Waals surface area (Å²) >= 11 is 0. The maximum atomic E-state index is 11.3. The number of furan rings is 1. The Morgan fingerprint density at radius 3 is 2.42 bits per heavy atom.